The number of carbonyl (C=O) groups excluding carboxylic acids is 2. The molecule has 33 heavy (non-hydrogen) atoms. The monoisotopic (exact) mass is 458 g/mol. The number of anilines is 1. The first kappa shape index (κ1) is 23.9. The molecule has 176 valence electrons. The Balaban J connectivity index is 1.61. The van der Waals surface area contributed by atoms with E-state index in [2.05, 4.69) is 9.97 Å². The van der Waals surface area contributed by atoms with E-state index in [1.54, 1.807) is 31.5 Å². The Labute approximate surface area is 190 Å². The predicted molar refractivity (Wildman–Crippen MR) is 119 cm³/mol. The summed E-state index contributed by atoms with van der Waals surface area (Å²) < 4.78 is 24.8. The van der Waals surface area contributed by atoms with Crippen LogP contribution in [0.2, 0.25) is 0 Å². The molecule has 1 aliphatic heterocycles. The number of guanidine groups is 1. The van der Waals surface area contributed by atoms with Crippen LogP contribution in [0.25, 0.3) is 11.1 Å². The van der Waals surface area contributed by atoms with Gasteiger partial charge in [0.2, 0.25) is 5.95 Å². The molecule has 1 saturated heterocycles. The molecular formula is C22H27FN6O4. The SMILES string of the molecule is CCOC(=O)CC1CCN(c2ncc(-c3cccc(COC(=O)NC(=N)N)c3F)cn2)CC1. The van der Waals surface area contributed by atoms with E-state index < -0.39 is 17.9 Å². The number of piperidine rings is 1. The van der Waals surface area contributed by atoms with E-state index in [1.165, 1.54) is 6.07 Å². The van der Waals surface area contributed by atoms with Crippen LogP contribution in [0.15, 0.2) is 30.6 Å². The van der Waals surface area contributed by atoms with Gasteiger partial charge in [0.15, 0.2) is 5.96 Å². The van der Waals surface area contributed by atoms with Gasteiger partial charge in [0, 0.05) is 48.6 Å². The number of alkyl carbamates (subject to hydrolysis) is 1. The Kier molecular flexibility index (Phi) is 8.11. The minimum atomic E-state index is -0.939. The zero-order valence-corrected chi connectivity index (χ0v) is 18.3. The van der Waals surface area contributed by atoms with E-state index in [1.807, 2.05) is 10.2 Å². The van der Waals surface area contributed by atoms with Gasteiger partial charge in [-0.2, -0.15) is 0 Å². The number of halogens is 1. The van der Waals surface area contributed by atoms with Crippen molar-refractivity contribution in [2.24, 2.45) is 11.7 Å². The molecule has 0 unspecified atom stereocenters. The molecule has 2 heterocycles. The van der Waals surface area contributed by atoms with Crippen LogP contribution in [0.4, 0.5) is 15.1 Å². The highest BCUT2D eigenvalue weighted by molar-refractivity contribution is 5.90. The van der Waals surface area contributed by atoms with Crippen molar-refractivity contribution in [3.05, 3.63) is 42.0 Å². The van der Waals surface area contributed by atoms with Crippen LogP contribution < -0.4 is 16.0 Å². The van der Waals surface area contributed by atoms with Gasteiger partial charge in [-0.15, -0.1) is 0 Å². The fraction of sp³-hybridized carbons (Fsp3) is 0.409. The number of hydrogen-bond donors (Lipinski definition) is 3. The van der Waals surface area contributed by atoms with Gasteiger partial charge >= 0.3 is 12.1 Å². The van der Waals surface area contributed by atoms with Gasteiger partial charge in [0.1, 0.15) is 12.4 Å². The first-order valence-corrected chi connectivity index (χ1v) is 10.7. The van der Waals surface area contributed by atoms with Gasteiger partial charge in [-0.3, -0.25) is 15.5 Å². The zero-order valence-electron chi connectivity index (χ0n) is 18.3. The topological polar surface area (TPSA) is 144 Å². The van der Waals surface area contributed by atoms with Crippen molar-refractivity contribution in [2.45, 2.75) is 32.8 Å². The molecule has 1 aromatic heterocycles. The standard InChI is InChI=1S/C22H27FN6O4/c1-2-32-18(30)10-14-6-8-29(9-7-14)21-26-11-16(12-27-21)17-5-3-4-15(19(17)23)13-33-22(31)28-20(24)25/h3-5,11-12,14H,2,6-10,13H2,1H3,(H4,24,25,28,31). The van der Waals surface area contributed by atoms with Gasteiger partial charge in [0.25, 0.3) is 0 Å². The Morgan fingerprint density at radius 3 is 2.58 bits per heavy atom. The summed E-state index contributed by atoms with van der Waals surface area (Å²) in [5, 5.41) is 8.96. The van der Waals surface area contributed by atoms with Crippen LogP contribution in [0.1, 0.15) is 31.7 Å². The van der Waals surface area contributed by atoms with Crippen molar-refractivity contribution < 1.29 is 23.5 Å². The lowest BCUT2D eigenvalue weighted by Crippen LogP contribution is -2.36. The first-order valence-electron chi connectivity index (χ1n) is 10.7. The molecule has 0 spiro atoms. The third-order valence-corrected chi connectivity index (χ3v) is 5.28. The molecule has 2 aromatic rings. The molecule has 1 aromatic carbocycles. The number of nitrogens with two attached hydrogens (primary N) is 1. The number of ether oxygens (including phenoxy) is 2. The number of amides is 1. The minimum absolute atomic E-state index is 0.161. The summed E-state index contributed by atoms with van der Waals surface area (Å²) in [6, 6.07) is 4.73. The number of aromatic nitrogens is 2. The van der Waals surface area contributed by atoms with Crippen molar-refractivity contribution in [3.63, 3.8) is 0 Å². The summed E-state index contributed by atoms with van der Waals surface area (Å²) in [5.74, 6) is -0.435. The normalized spacial score (nSPS) is 13.9. The fourth-order valence-corrected chi connectivity index (χ4v) is 3.62. The van der Waals surface area contributed by atoms with Crippen LogP contribution in [-0.4, -0.2) is 47.7 Å². The smallest absolute Gasteiger partial charge is 0.414 e. The Bertz CT molecular complexity index is 993. The van der Waals surface area contributed by atoms with E-state index >= 15 is 0 Å². The number of hydrogen-bond acceptors (Lipinski definition) is 8. The second kappa shape index (κ2) is 11.2. The summed E-state index contributed by atoms with van der Waals surface area (Å²) in [5.41, 5.74) is 5.99. The van der Waals surface area contributed by atoms with Crippen LogP contribution in [0.5, 0.6) is 0 Å². The van der Waals surface area contributed by atoms with Crippen molar-refractivity contribution in [2.75, 3.05) is 24.6 Å². The van der Waals surface area contributed by atoms with Gasteiger partial charge in [-0.25, -0.2) is 19.2 Å². The average Bonchev–Trinajstić information content (AvgIpc) is 2.79. The highest BCUT2D eigenvalue weighted by Gasteiger charge is 2.23. The Morgan fingerprint density at radius 1 is 1.24 bits per heavy atom. The highest BCUT2D eigenvalue weighted by Crippen LogP contribution is 2.27. The number of nitrogens with zero attached hydrogens (tertiary/aromatic N) is 3. The first-order chi connectivity index (χ1) is 15.9. The molecule has 1 fully saturated rings. The van der Waals surface area contributed by atoms with Gasteiger partial charge in [-0.05, 0) is 25.7 Å². The van der Waals surface area contributed by atoms with Gasteiger partial charge in [0.05, 0.1) is 6.61 Å². The number of nitrogens with one attached hydrogen (secondary N) is 2. The lowest BCUT2D eigenvalue weighted by Gasteiger charge is -2.31. The Hall–Kier alpha value is -3.76. The third-order valence-electron chi connectivity index (χ3n) is 5.28. The second-order valence-corrected chi connectivity index (χ2v) is 7.60. The van der Waals surface area contributed by atoms with E-state index in [0.717, 1.165) is 25.9 Å². The molecule has 11 heteroatoms. The molecule has 1 aliphatic rings. The maximum Gasteiger partial charge on any atom is 0.414 e. The zero-order chi connectivity index (χ0) is 23.8. The lowest BCUT2D eigenvalue weighted by molar-refractivity contribution is -0.144. The molecule has 0 radical (unpaired) electrons. The number of benzene rings is 1. The van der Waals surface area contributed by atoms with Crippen molar-refractivity contribution >= 4 is 24.0 Å². The van der Waals surface area contributed by atoms with E-state index in [4.69, 9.17) is 20.6 Å². The molecule has 0 aliphatic carbocycles. The summed E-state index contributed by atoms with van der Waals surface area (Å²) >= 11 is 0. The predicted octanol–water partition coefficient (Wildman–Crippen LogP) is 2.57. The van der Waals surface area contributed by atoms with Gasteiger partial charge < -0.3 is 20.1 Å². The van der Waals surface area contributed by atoms with E-state index in [-0.39, 0.29) is 29.6 Å². The van der Waals surface area contributed by atoms with Crippen LogP contribution in [0.3, 0.4) is 0 Å². The molecule has 3 rings (SSSR count). The summed E-state index contributed by atoms with van der Waals surface area (Å²) in [4.78, 5) is 34.0. The molecule has 10 nitrogen and oxygen atoms in total. The molecule has 1 amide bonds. The number of rotatable bonds is 7. The van der Waals surface area contributed by atoms with Crippen molar-refractivity contribution in [1.29, 1.82) is 5.41 Å². The second-order valence-electron chi connectivity index (χ2n) is 7.60. The fourth-order valence-electron chi connectivity index (χ4n) is 3.62. The largest absolute Gasteiger partial charge is 0.466 e. The molecule has 0 bridgehead atoms. The van der Waals surface area contributed by atoms with E-state index in [0.29, 0.717) is 24.5 Å². The lowest BCUT2D eigenvalue weighted by atomic mass is 9.94. The maximum atomic E-state index is 14.9. The third kappa shape index (κ3) is 6.61. The average molecular weight is 458 g/mol. The van der Waals surface area contributed by atoms with E-state index in [9.17, 15) is 14.0 Å². The molecule has 4 N–H and O–H groups in total. The number of esters is 1. The summed E-state index contributed by atoms with van der Waals surface area (Å²) in [6.45, 7) is 3.33. The molecular weight excluding hydrogens is 431 g/mol. The molecule has 0 atom stereocenters. The van der Waals surface area contributed by atoms with Crippen LogP contribution >= 0.6 is 0 Å². The quantitative estimate of drug-likeness (QED) is 0.326. The maximum absolute atomic E-state index is 14.9. The summed E-state index contributed by atoms with van der Waals surface area (Å²) in [7, 11) is 0. The Morgan fingerprint density at radius 2 is 1.94 bits per heavy atom. The van der Waals surface area contributed by atoms with Crippen LogP contribution in [-0.2, 0) is 20.9 Å². The van der Waals surface area contributed by atoms with Crippen molar-refractivity contribution in [1.82, 2.24) is 15.3 Å². The van der Waals surface area contributed by atoms with Gasteiger partial charge in [-0.1, -0.05) is 18.2 Å². The van der Waals surface area contributed by atoms with Crippen molar-refractivity contribution in [3.8, 4) is 11.1 Å². The van der Waals surface area contributed by atoms with Crippen LogP contribution in [0, 0.1) is 17.1 Å². The molecule has 0 saturated carbocycles. The summed E-state index contributed by atoms with van der Waals surface area (Å²) in [6.07, 6.45) is 4.29. The highest BCUT2D eigenvalue weighted by atomic mass is 19.1. The minimum Gasteiger partial charge on any atom is -0.466 e. The number of carbonyl (C=O) groups is 2.